The Morgan fingerprint density at radius 2 is 2.24 bits per heavy atom. The average molecular weight is 307 g/mol. The van der Waals surface area contributed by atoms with Crippen molar-refractivity contribution < 1.29 is 9.90 Å². The van der Waals surface area contributed by atoms with Gasteiger partial charge in [-0.25, -0.2) is 0 Å². The summed E-state index contributed by atoms with van der Waals surface area (Å²) in [6.45, 7) is 1.96. The molecule has 4 N–H and O–H groups in total. The highest BCUT2D eigenvalue weighted by molar-refractivity contribution is 7.79. The molecule has 7 heteroatoms. The summed E-state index contributed by atoms with van der Waals surface area (Å²) < 4.78 is 1.43. The number of hydrogen-bond donors (Lipinski definition) is 3. The number of amides is 1. The first-order valence-electron chi connectivity index (χ1n) is 6.55. The van der Waals surface area contributed by atoms with Crippen molar-refractivity contribution in [2.45, 2.75) is 25.7 Å². The van der Waals surface area contributed by atoms with Crippen LogP contribution in [-0.4, -0.2) is 20.9 Å². The SMILES string of the molecule is C[C@@H]1CCc2c1c(O)c(C(=O)N/C(C=S)=C/N)c(=O)n2C. The molecule has 0 bridgehead atoms. The maximum absolute atomic E-state index is 12.3. The average Bonchev–Trinajstić information content (AvgIpc) is 2.84. The second-order valence-electron chi connectivity index (χ2n) is 5.08. The molecule has 1 aliphatic rings. The molecule has 0 saturated carbocycles. The molecule has 0 spiro atoms. The van der Waals surface area contributed by atoms with Gasteiger partial charge < -0.3 is 20.7 Å². The van der Waals surface area contributed by atoms with Crippen LogP contribution in [0, 0.1) is 0 Å². The number of fused-ring (bicyclic) bond motifs is 1. The van der Waals surface area contributed by atoms with E-state index in [2.05, 4.69) is 5.32 Å². The van der Waals surface area contributed by atoms with Crippen molar-refractivity contribution >= 4 is 23.5 Å². The second-order valence-corrected chi connectivity index (χ2v) is 5.32. The Morgan fingerprint density at radius 3 is 2.81 bits per heavy atom. The lowest BCUT2D eigenvalue weighted by Gasteiger charge is -2.15. The van der Waals surface area contributed by atoms with Crippen molar-refractivity contribution in [1.29, 1.82) is 0 Å². The van der Waals surface area contributed by atoms with Gasteiger partial charge >= 0.3 is 0 Å². The molecule has 0 aromatic carbocycles. The van der Waals surface area contributed by atoms with Crippen LogP contribution in [0.3, 0.4) is 0 Å². The Balaban J connectivity index is 2.58. The van der Waals surface area contributed by atoms with Crippen molar-refractivity contribution in [2.24, 2.45) is 12.8 Å². The smallest absolute Gasteiger partial charge is 0.267 e. The van der Waals surface area contributed by atoms with Gasteiger partial charge in [-0.05, 0) is 18.8 Å². The highest BCUT2D eigenvalue weighted by atomic mass is 32.1. The van der Waals surface area contributed by atoms with E-state index in [4.69, 9.17) is 18.0 Å². The Hall–Kier alpha value is -2.15. The fraction of sp³-hybridized carbons (Fsp3) is 0.357. The minimum absolute atomic E-state index is 0.105. The number of nitrogens with zero attached hydrogens (tertiary/aromatic N) is 1. The number of rotatable bonds is 3. The summed E-state index contributed by atoms with van der Waals surface area (Å²) in [7, 11) is 1.61. The maximum Gasteiger partial charge on any atom is 0.267 e. The number of allylic oxidation sites excluding steroid dienone is 1. The number of hydrogen-bond acceptors (Lipinski definition) is 5. The molecular weight excluding hydrogens is 290 g/mol. The van der Waals surface area contributed by atoms with Crippen LogP contribution in [0.25, 0.3) is 0 Å². The van der Waals surface area contributed by atoms with Gasteiger partial charge in [0.2, 0.25) is 0 Å². The molecular formula is C14H17N3O3S. The van der Waals surface area contributed by atoms with E-state index in [1.807, 2.05) is 6.92 Å². The monoisotopic (exact) mass is 307 g/mol. The third-order valence-electron chi connectivity index (χ3n) is 3.82. The van der Waals surface area contributed by atoms with E-state index in [-0.39, 0.29) is 22.9 Å². The van der Waals surface area contributed by atoms with Crippen LogP contribution < -0.4 is 16.6 Å². The Kier molecular flexibility index (Phi) is 4.13. The normalized spacial score (nSPS) is 17.4. The Morgan fingerprint density at radius 1 is 1.57 bits per heavy atom. The number of pyridine rings is 1. The first-order chi connectivity index (χ1) is 9.92. The van der Waals surface area contributed by atoms with Gasteiger partial charge in [-0.1, -0.05) is 19.1 Å². The summed E-state index contributed by atoms with van der Waals surface area (Å²) in [5.41, 5.74) is 6.15. The summed E-state index contributed by atoms with van der Waals surface area (Å²) in [4.78, 5) is 24.5. The fourth-order valence-electron chi connectivity index (χ4n) is 2.67. The molecule has 1 amide bonds. The van der Waals surface area contributed by atoms with Crippen molar-refractivity contribution in [1.82, 2.24) is 9.88 Å². The van der Waals surface area contributed by atoms with Crippen LogP contribution in [0.4, 0.5) is 0 Å². The Bertz CT molecular complexity index is 706. The highest BCUT2D eigenvalue weighted by Crippen LogP contribution is 2.38. The van der Waals surface area contributed by atoms with Crippen molar-refractivity contribution in [3.63, 3.8) is 0 Å². The standard InChI is InChI=1S/C14H17N3O3S/c1-7-3-4-9-10(7)12(18)11(14(20)17(9)2)13(19)16-8(5-15)6-21/h5-7,18H,3-4,15H2,1-2H3,(H,16,19)/b8-5+/t7-/m1/s1. The van der Waals surface area contributed by atoms with E-state index in [1.54, 1.807) is 7.05 Å². The van der Waals surface area contributed by atoms with E-state index >= 15 is 0 Å². The van der Waals surface area contributed by atoms with Crippen LogP contribution in [0.15, 0.2) is 16.7 Å². The van der Waals surface area contributed by atoms with Gasteiger partial charge in [-0.2, -0.15) is 0 Å². The quantitative estimate of drug-likeness (QED) is 0.563. The molecule has 1 aromatic rings. The summed E-state index contributed by atoms with van der Waals surface area (Å²) in [5, 5.41) is 14.0. The third kappa shape index (κ3) is 2.44. The maximum atomic E-state index is 12.3. The molecule has 0 fully saturated rings. The molecule has 1 heterocycles. The summed E-state index contributed by atoms with van der Waals surface area (Å²) in [6.07, 6.45) is 2.68. The van der Waals surface area contributed by atoms with Gasteiger partial charge in [0.15, 0.2) is 0 Å². The van der Waals surface area contributed by atoms with Crippen molar-refractivity contribution in [2.75, 3.05) is 0 Å². The second kappa shape index (κ2) is 5.69. The number of aromatic nitrogens is 1. The fourth-order valence-corrected chi connectivity index (χ4v) is 2.81. The van der Waals surface area contributed by atoms with Crippen LogP contribution >= 0.6 is 12.2 Å². The summed E-state index contributed by atoms with van der Waals surface area (Å²) in [5.74, 6) is -0.850. The lowest BCUT2D eigenvalue weighted by atomic mass is 10.0. The van der Waals surface area contributed by atoms with Gasteiger partial charge in [-0.15, -0.1) is 0 Å². The molecule has 0 aliphatic heterocycles. The van der Waals surface area contributed by atoms with Gasteiger partial charge in [0.25, 0.3) is 11.5 Å². The molecule has 0 radical (unpaired) electrons. The predicted molar refractivity (Wildman–Crippen MR) is 83.5 cm³/mol. The number of carbonyl (C=O) groups is 1. The number of nitrogens with two attached hydrogens (primary N) is 1. The largest absolute Gasteiger partial charge is 0.507 e. The lowest BCUT2D eigenvalue weighted by Crippen LogP contribution is -2.34. The minimum atomic E-state index is -0.715. The van der Waals surface area contributed by atoms with Crippen molar-refractivity contribution in [3.8, 4) is 5.75 Å². The molecule has 112 valence electrons. The highest BCUT2D eigenvalue weighted by Gasteiger charge is 2.30. The first-order valence-corrected chi connectivity index (χ1v) is 7.02. The van der Waals surface area contributed by atoms with E-state index in [0.29, 0.717) is 12.0 Å². The molecule has 21 heavy (non-hydrogen) atoms. The molecule has 0 saturated heterocycles. The Labute approximate surface area is 127 Å². The zero-order chi connectivity index (χ0) is 15.7. The van der Waals surface area contributed by atoms with Gasteiger partial charge in [0.1, 0.15) is 11.3 Å². The summed E-state index contributed by atoms with van der Waals surface area (Å²) >= 11 is 4.70. The first kappa shape index (κ1) is 15.2. The topological polar surface area (TPSA) is 97.3 Å². The van der Waals surface area contributed by atoms with E-state index < -0.39 is 11.5 Å². The van der Waals surface area contributed by atoms with Crippen LogP contribution in [0.1, 0.15) is 40.9 Å². The molecule has 0 unspecified atom stereocenters. The van der Waals surface area contributed by atoms with Crippen LogP contribution in [-0.2, 0) is 13.5 Å². The summed E-state index contributed by atoms with van der Waals surface area (Å²) in [6, 6.07) is 0. The lowest BCUT2D eigenvalue weighted by molar-refractivity contribution is 0.0963. The number of aromatic hydroxyl groups is 1. The molecule has 1 aliphatic carbocycles. The van der Waals surface area contributed by atoms with Gasteiger partial charge in [-0.3, -0.25) is 9.59 Å². The van der Waals surface area contributed by atoms with Gasteiger partial charge in [0, 0.05) is 29.9 Å². The minimum Gasteiger partial charge on any atom is -0.507 e. The predicted octanol–water partition coefficient (Wildman–Crippen LogP) is 0.670. The molecule has 6 nitrogen and oxygen atoms in total. The number of carbonyl (C=O) groups excluding carboxylic acids is 1. The van der Waals surface area contributed by atoms with Crippen LogP contribution in [0.5, 0.6) is 5.75 Å². The number of nitrogens with one attached hydrogen (secondary N) is 1. The number of thiocarbonyl (C=S) groups is 1. The molecule has 2 rings (SSSR count). The molecule has 1 atom stereocenters. The third-order valence-corrected chi connectivity index (χ3v) is 4.08. The van der Waals surface area contributed by atoms with E-state index in [0.717, 1.165) is 18.3 Å². The van der Waals surface area contributed by atoms with E-state index in [1.165, 1.54) is 9.93 Å². The molecule has 1 aromatic heterocycles. The zero-order valence-electron chi connectivity index (χ0n) is 11.8. The van der Waals surface area contributed by atoms with Crippen LogP contribution in [0.2, 0.25) is 0 Å². The van der Waals surface area contributed by atoms with Gasteiger partial charge in [0.05, 0.1) is 5.70 Å². The zero-order valence-corrected chi connectivity index (χ0v) is 12.7. The van der Waals surface area contributed by atoms with Crippen molar-refractivity contribution in [3.05, 3.63) is 39.1 Å². The van der Waals surface area contributed by atoms with E-state index in [9.17, 15) is 14.7 Å².